The van der Waals surface area contributed by atoms with Crippen molar-refractivity contribution in [3.63, 3.8) is 0 Å². The first-order valence-corrected chi connectivity index (χ1v) is 7.97. The van der Waals surface area contributed by atoms with Gasteiger partial charge in [0.25, 0.3) is 0 Å². The zero-order chi connectivity index (χ0) is 16.0. The third kappa shape index (κ3) is 2.20. The summed E-state index contributed by atoms with van der Waals surface area (Å²) in [6.07, 6.45) is 6.70. The normalized spacial score (nSPS) is 11.4. The number of aryl methyl sites for hydroxylation is 3. The Bertz CT molecular complexity index is 1030. The third-order valence-corrected chi connectivity index (χ3v) is 4.54. The molecule has 2 heterocycles. The monoisotopic (exact) mass is 301 g/mol. The van der Waals surface area contributed by atoms with Crippen LogP contribution in [0.25, 0.3) is 33.1 Å². The van der Waals surface area contributed by atoms with E-state index in [1.807, 2.05) is 0 Å². The maximum Gasteiger partial charge on any atom is 0.0965 e. The lowest BCUT2D eigenvalue weighted by Gasteiger charge is -2.09. The molecule has 0 saturated carbocycles. The maximum absolute atomic E-state index is 4.57. The smallest absolute Gasteiger partial charge is 0.0965 e. The highest BCUT2D eigenvalue weighted by Crippen LogP contribution is 2.31. The van der Waals surface area contributed by atoms with Gasteiger partial charge in [0.05, 0.1) is 11.0 Å². The molecule has 0 atom stereocenters. The van der Waals surface area contributed by atoms with Crippen molar-refractivity contribution in [2.24, 2.45) is 7.05 Å². The Hall–Kier alpha value is -2.68. The highest BCUT2D eigenvalue weighted by Gasteiger charge is 2.10. The van der Waals surface area contributed by atoms with Gasteiger partial charge in [-0.1, -0.05) is 13.0 Å². The van der Waals surface area contributed by atoms with Crippen molar-refractivity contribution in [1.82, 2.24) is 14.5 Å². The van der Waals surface area contributed by atoms with E-state index in [-0.39, 0.29) is 0 Å². The van der Waals surface area contributed by atoms with Crippen molar-refractivity contribution < 1.29 is 0 Å². The fourth-order valence-electron chi connectivity index (χ4n) is 3.31. The lowest BCUT2D eigenvalue weighted by Crippen LogP contribution is -1.91. The van der Waals surface area contributed by atoms with E-state index in [9.17, 15) is 0 Å². The fourth-order valence-corrected chi connectivity index (χ4v) is 3.31. The van der Waals surface area contributed by atoms with Crippen LogP contribution in [0.5, 0.6) is 0 Å². The van der Waals surface area contributed by atoms with E-state index >= 15 is 0 Å². The first kappa shape index (κ1) is 13.9. The van der Waals surface area contributed by atoms with E-state index < -0.39 is 0 Å². The number of aromatic nitrogens is 3. The second kappa shape index (κ2) is 5.20. The summed E-state index contributed by atoms with van der Waals surface area (Å²) in [7, 11) is 2.09. The average Bonchev–Trinajstić information content (AvgIpc) is 2.87. The van der Waals surface area contributed by atoms with Gasteiger partial charge in [-0.3, -0.25) is 9.97 Å². The molecule has 0 unspecified atom stereocenters. The van der Waals surface area contributed by atoms with Gasteiger partial charge in [-0.25, -0.2) is 0 Å². The zero-order valence-corrected chi connectivity index (χ0v) is 13.7. The molecule has 0 spiro atoms. The largest absolute Gasteiger partial charge is 0.350 e. The number of rotatable bonds is 2. The van der Waals surface area contributed by atoms with Gasteiger partial charge in [-0.2, -0.15) is 0 Å². The van der Waals surface area contributed by atoms with Crippen LogP contribution in [0.3, 0.4) is 0 Å². The van der Waals surface area contributed by atoms with Crippen LogP contribution in [0.1, 0.15) is 18.1 Å². The molecule has 0 aliphatic rings. The summed E-state index contributed by atoms with van der Waals surface area (Å²) >= 11 is 0. The van der Waals surface area contributed by atoms with Crippen molar-refractivity contribution in [3.8, 4) is 11.1 Å². The van der Waals surface area contributed by atoms with E-state index in [0.717, 1.165) is 23.0 Å². The molecule has 4 aromatic rings. The van der Waals surface area contributed by atoms with Crippen LogP contribution >= 0.6 is 0 Å². The van der Waals surface area contributed by atoms with Crippen molar-refractivity contribution in [3.05, 3.63) is 60.0 Å². The summed E-state index contributed by atoms with van der Waals surface area (Å²) < 4.78 is 2.18. The molecule has 4 rings (SSSR count). The first-order valence-electron chi connectivity index (χ1n) is 7.97. The molecule has 0 aliphatic heterocycles. The molecule has 0 saturated heterocycles. The summed E-state index contributed by atoms with van der Waals surface area (Å²) in [6, 6.07) is 11.0. The van der Waals surface area contributed by atoms with Crippen molar-refractivity contribution in [2.75, 3.05) is 0 Å². The SMILES string of the molecule is CCc1cc(-c2ccc3c(c2)c(C)cn3C)c2nccnc2c1. The van der Waals surface area contributed by atoms with E-state index in [2.05, 4.69) is 72.0 Å². The average molecular weight is 301 g/mol. The Kier molecular flexibility index (Phi) is 3.15. The molecule has 2 aromatic carbocycles. The van der Waals surface area contributed by atoms with Gasteiger partial charge in [-0.15, -0.1) is 0 Å². The molecule has 3 heteroatoms. The molecule has 3 nitrogen and oxygen atoms in total. The highest BCUT2D eigenvalue weighted by atomic mass is 14.9. The molecule has 0 fully saturated rings. The van der Waals surface area contributed by atoms with E-state index in [0.29, 0.717) is 0 Å². The molecule has 0 bridgehead atoms. The van der Waals surface area contributed by atoms with Gasteiger partial charge in [0.1, 0.15) is 0 Å². The van der Waals surface area contributed by atoms with Gasteiger partial charge < -0.3 is 4.57 Å². The van der Waals surface area contributed by atoms with Gasteiger partial charge in [0.15, 0.2) is 0 Å². The minimum atomic E-state index is 0.965. The summed E-state index contributed by atoms with van der Waals surface area (Å²) in [5.41, 5.74) is 8.15. The molecule has 0 radical (unpaired) electrons. The molecule has 23 heavy (non-hydrogen) atoms. The number of nitrogens with zero attached hydrogens (tertiary/aromatic N) is 3. The Morgan fingerprint density at radius 3 is 2.70 bits per heavy atom. The zero-order valence-electron chi connectivity index (χ0n) is 13.7. The molecule has 2 aromatic heterocycles. The van der Waals surface area contributed by atoms with Crippen LogP contribution in [0.4, 0.5) is 0 Å². The van der Waals surface area contributed by atoms with E-state index in [1.165, 1.54) is 27.6 Å². The van der Waals surface area contributed by atoms with Gasteiger partial charge in [0, 0.05) is 42.1 Å². The van der Waals surface area contributed by atoms with Crippen LogP contribution in [-0.2, 0) is 13.5 Å². The molecule has 0 N–H and O–H groups in total. The Balaban J connectivity index is 2.03. The predicted molar refractivity (Wildman–Crippen MR) is 95.6 cm³/mol. The number of benzene rings is 2. The molecular formula is C20H19N3. The molecule has 0 aliphatic carbocycles. The number of fused-ring (bicyclic) bond motifs is 2. The summed E-state index contributed by atoms with van der Waals surface area (Å²) in [4.78, 5) is 9.07. The topological polar surface area (TPSA) is 30.7 Å². The minimum absolute atomic E-state index is 0.965. The van der Waals surface area contributed by atoms with Crippen molar-refractivity contribution in [2.45, 2.75) is 20.3 Å². The van der Waals surface area contributed by atoms with Crippen LogP contribution in [0, 0.1) is 6.92 Å². The standard InChI is InChI=1S/C20H19N3/c1-4-14-9-17(20-18(10-14)21-7-8-22-20)15-5-6-19-16(11-15)13(2)12-23(19)3/h5-12H,4H2,1-3H3. The summed E-state index contributed by atoms with van der Waals surface area (Å²) in [5.74, 6) is 0. The Labute approximate surface area is 135 Å². The second-order valence-electron chi connectivity index (χ2n) is 6.08. The Morgan fingerprint density at radius 1 is 1.04 bits per heavy atom. The minimum Gasteiger partial charge on any atom is -0.350 e. The number of hydrogen-bond donors (Lipinski definition) is 0. The lowest BCUT2D eigenvalue weighted by atomic mass is 9.98. The van der Waals surface area contributed by atoms with Crippen LogP contribution in [-0.4, -0.2) is 14.5 Å². The third-order valence-electron chi connectivity index (χ3n) is 4.54. The van der Waals surface area contributed by atoms with Crippen LogP contribution < -0.4 is 0 Å². The molecule has 114 valence electrons. The van der Waals surface area contributed by atoms with Crippen molar-refractivity contribution in [1.29, 1.82) is 0 Å². The predicted octanol–water partition coefficient (Wildman–Crippen LogP) is 4.66. The quantitative estimate of drug-likeness (QED) is 0.539. The summed E-state index contributed by atoms with van der Waals surface area (Å²) in [6.45, 7) is 4.33. The van der Waals surface area contributed by atoms with Gasteiger partial charge in [0.2, 0.25) is 0 Å². The van der Waals surface area contributed by atoms with Crippen molar-refractivity contribution >= 4 is 21.9 Å². The van der Waals surface area contributed by atoms with E-state index in [4.69, 9.17) is 0 Å². The van der Waals surface area contributed by atoms with Gasteiger partial charge in [-0.05, 0) is 54.3 Å². The second-order valence-corrected chi connectivity index (χ2v) is 6.08. The van der Waals surface area contributed by atoms with Crippen LogP contribution in [0.2, 0.25) is 0 Å². The Morgan fingerprint density at radius 2 is 1.87 bits per heavy atom. The van der Waals surface area contributed by atoms with E-state index in [1.54, 1.807) is 12.4 Å². The summed E-state index contributed by atoms with van der Waals surface area (Å²) in [5, 5.41) is 1.30. The first-order chi connectivity index (χ1) is 11.2. The maximum atomic E-state index is 4.57. The highest BCUT2D eigenvalue weighted by molar-refractivity contribution is 5.96. The molecule has 0 amide bonds. The lowest BCUT2D eigenvalue weighted by molar-refractivity contribution is 0.964. The fraction of sp³-hybridized carbons (Fsp3) is 0.200. The van der Waals surface area contributed by atoms with Gasteiger partial charge >= 0.3 is 0 Å². The molecular weight excluding hydrogens is 282 g/mol. The van der Waals surface area contributed by atoms with Crippen LogP contribution in [0.15, 0.2) is 48.9 Å². The number of hydrogen-bond acceptors (Lipinski definition) is 2.